The first kappa shape index (κ1) is 18.9. The number of guanidine groups is 1. The van der Waals surface area contributed by atoms with E-state index in [1.54, 1.807) is 6.92 Å². The predicted molar refractivity (Wildman–Crippen MR) is 85.0 cm³/mol. The molecule has 7 heteroatoms. The maximum Gasteiger partial charge on any atom is 0.305 e. The standard InChI is InChI=1S/C16H23F2N3O2/c1-3-19-16(20-9-5-6-15(22)23-4-2)21-11-12-10-13(17)7-8-14(12)18/h7-8,10H,3-6,9,11H2,1-2H3,(H2,19,20,21). The van der Waals surface area contributed by atoms with E-state index in [0.717, 1.165) is 18.2 Å². The van der Waals surface area contributed by atoms with Gasteiger partial charge in [-0.05, 0) is 38.5 Å². The van der Waals surface area contributed by atoms with E-state index in [0.29, 0.717) is 38.5 Å². The average Bonchev–Trinajstić information content (AvgIpc) is 2.52. The third kappa shape index (κ3) is 7.58. The van der Waals surface area contributed by atoms with Crippen molar-refractivity contribution in [1.29, 1.82) is 0 Å². The molecule has 23 heavy (non-hydrogen) atoms. The third-order valence-electron chi connectivity index (χ3n) is 2.91. The first-order chi connectivity index (χ1) is 11.1. The monoisotopic (exact) mass is 327 g/mol. The first-order valence-corrected chi connectivity index (χ1v) is 7.68. The number of benzene rings is 1. The van der Waals surface area contributed by atoms with E-state index in [4.69, 9.17) is 4.74 Å². The van der Waals surface area contributed by atoms with Gasteiger partial charge >= 0.3 is 5.97 Å². The Morgan fingerprint density at radius 3 is 2.74 bits per heavy atom. The van der Waals surface area contributed by atoms with Crippen LogP contribution in [-0.2, 0) is 16.1 Å². The summed E-state index contributed by atoms with van der Waals surface area (Å²) < 4.78 is 31.5. The summed E-state index contributed by atoms with van der Waals surface area (Å²) in [5.74, 6) is -0.740. The van der Waals surface area contributed by atoms with E-state index >= 15 is 0 Å². The van der Waals surface area contributed by atoms with Crippen molar-refractivity contribution in [3.63, 3.8) is 0 Å². The maximum atomic E-state index is 13.5. The summed E-state index contributed by atoms with van der Waals surface area (Å²) in [7, 11) is 0. The Hall–Kier alpha value is -2.18. The Bertz CT molecular complexity index is 536. The van der Waals surface area contributed by atoms with Crippen LogP contribution in [-0.4, -0.2) is 31.6 Å². The molecule has 1 rings (SSSR count). The highest BCUT2D eigenvalue weighted by Gasteiger charge is 2.05. The van der Waals surface area contributed by atoms with Gasteiger partial charge in [-0.1, -0.05) is 0 Å². The van der Waals surface area contributed by atoms with Crippen LogP contribution in [0.25, 0.3) is 0 Å². The number of hydrogen-bond donors (Lipinski definition) is 2. The molecule has 0 aliphatic rings. The molecule has 0 heterocycles. The van der Waals surface area contributed by atoms with Gasteiger partial charge in [-0.3, -0.25) is 4.79 Å². The van der Waals surface area contributed by atoms with Crippen molar-refractivity contribution in [1.82, 2.24) is 10.6 Å². The number of carbonyl (C=O) groups excluding carboxylic acids is 1. The molecule has 2 N–H and O–H groups in total. The second-order valence-electron chi connectivity index (χ2n) is 4.77. The van der Waals surface area contributed by atoms with Gasteiger partial charge < -0.3 is 15.4 Å². The number of carbonyl (C=O) groups is 1. The highest BCUT2D eigenvalue weighted by molar-refractivity contribution is 5.79. The Morgan fingerprint density at radius 1 is 1.26 bits per heavy atom. The molecule has 0 saturated carbocycles. The Labute approximate surface area is 135 Å². The summed E-state index contributed by atoms with van der Waals surface area (Å²) >= 11 is 0. The second kappa shape index (κ2) is 10.5. The summed E-state index contributed by atoms with van der Waals surface area (Å²) in [5, 5.41) is 6.04. The molecule has 1 aromatic rings. The van der Waals surface area contributed by atoms with Crippen molar-refractivity contribution in [3.05, 3.63) is 35.4 Å². The van der Waals surface area contributed by atoms with Crippen LogP contribution >= 0.6 is 0 Å². The second-order valence-corrected chi connectivity index (χ2v) is 4.77. The molecule has 0 unspecified atom stereocenters. The molecule has 0 aromatic heterocycles. The van der Waals surface area contributed by atoms with Gasteiger partial charge in [0, 0.05) is 25.1 Å². The molecule has 1 aromatic carbocycles. The van der Waals surface area contributed by atoms with Gasteiger partial charge in [0.25, 0.3) is 0 Å². The first-order valence-electron chi connectivity index (χ1n) is 7.68. The lowest BCUT2D eigenvalue weighted by molar-refractivity contribution is -0.143. The number of ether oxygens (including phenoxy) is 1. The zero-order chi connectivity index (χ0) is 17.1. The van der Waals surface area contributed by atoms with Crippen LogP contribution in [0, 0.1) is 11.6 Å². The fraction of sp³-hybridized carbons (Fsp3) is 0.500. The van der Waals surface area contributed by atoms with E-state index in [2.05, 4.69) is 15.6 Å². The lowest BCUT2D eigenvalue weighted by atomic mass is 10.2. The van der Waals surface area contributed by atoms with E-state index in [1.165, 1.54) is 0 Å². The smallest absolute Gasteiger partial charge is 0.305 e. The topological polar surface area (TPSA) is 62.7 Å². The fourth-order valence-electron chi connectivity index (χ4n) is 1.84. The molecular formula is C16H23F2N3O2. The van der Waals surface area contributed by atoms with E-state index in [1.807, 2.05) is 6.92 Å². The molecule has 128 valence electrons. The van der Waals surface area contributed by atoms with Crippen molar-refractivity contribution < 1.29 is 18.3 Å². The average molecular weight is 327 g/mol. The van der Waals surface area contributed by atoms with Gasteiger partial charge in [0.15, 0.2) is 5.96 Å². The maximum absolute atomic E-state index is 13.5. The molecule has 0 aliphatic heterocycles. The van der Waals surface area contributed by atoms with Crippen molar-refractivity contribution >= 4 is 11.9 Å². The van der Waals surface area contributed by atoms with Gasteiger partial charge in [-0.25, -0.2) is 13.8 Å². The number of hydrogen-bond acceptors (Lipinski definition) is 3. The number of rotatable bonds is 8. The van der Waals surface area contributed by atoms with Crippen LogP contribution in [0.1, 0.15) is 32.3 Å². The number of halogens is 2. The SMILES string of the molecule is CCNC(=NCc1cc(F)ccc1F)NCCCC(=O)OCC. The minimum atomic E-state index is -0.496. The van der Waals surface area contributed by atoms with Crippen molar-refractivity contribution in [2.45, 2.75) is 33.2 Å². The highest BCUT2D eigenvalue weighted by atomic mass is 19.1. The molecule has 0 radical (unpaired) electrons. The van der Waals surface area contributed by atoms with Crippen LogP contribution in [0.2, 0.25) is 0 Å². The van der Waals surface area contributed by atoms with Crippen molar-refractivity contribution in [2.24, 2.45) is 4.99 Å². The highest BCUT2D eigenvalue weighted by Crippen LogP contribution is 2.10. The van der Waals surface area contributed by atoms with E-state index < -0.39 is 11.6 Å². The quantitative estimate of drug-likeness (QED) is 0.333. The number of aliphatic imine (C=N–C) groups is 1. The predicted octanol–water partition coefficient (Wildman–Crippen LogP) is 2.36. The summed E-state index contributed by atoms with van der Waals surface area (Å²) in [4.78, 5) is 15.4. The summed E-state index contributed by atoms with van der Waals surface area (Å²) in [6.07, 6.45) is 0.913. The Morgan fingerprint density at radius 2 is 2.04 bits per heavy atom. The molecule has 0 aliphatic carbocycles. The summed E-state index contributed by atoms with van der Waals surface area (Å²) in [6, 6.07) is 3.28. The molecule has 0 spiro atoms. The number of nitrogens with zero attached hydrogens (tertiary/aromatic N) is 1. The number of nitrogens with one attached hydrogen (secondary N) is 2. The summed E-state index contributed by atoms with van der Waals surface area (Å²) in [5.41, 5.74) is 0.189. The molecule has 0 atom stereocenters. The lowest BCUT2D eigenvalue weighted by Gasteiger charge is -2.11. The zero-order valence-corrected chi connectivity index (χ0v) is 13.5. The van der Waals surface area contributed by atoms with Crippen LogP contribution in [0.15, 0.2) is 23.2 Å². The van der Waals surface area contributed by atoms with Gasteiger partial charge in [-0.15, -0.1) is 0 Å². The van der Waals surface area contributed by atoms with Crippen molar-refractivity contribution in [3.8, 4) is 0 Å². The normalized spacial score (nSPS) is 11.2. The third-order valence-corrected chi connectivity index (χ3v) is 2.91. The van der Waals surface area contributed by atoms with E-state index in [9.17, 15) is 13.6 Å². The largest absolute Gasteiger partial charge is 0.466 e. The fourth-order valence-corrected chi connectivity index (χ4v) is 1.84. The Balaban J connectivity index is 2.50. The molecule has 0 amide bonds. The van der Waals surface area contributed by atoms with Gasteiger partial charge in [0.05, 0.1) is 13.2 Å². The zero-order valence-electron chi connectivity index (χ0n) is 13.5. The van der Waals surface area contributed by atoms with Crippen LogP contribution in [0.3, 0.4) is 0 Å². The molecule has 0 bridgehead atoms. The minimum absolute atomic E-state index is 0.0246. The van der Waals surface area contributed by atoms with Crippen LogP contribution < -0.4 is 10.6 Å². The minimum Gasteiger partial charge on any atom is -0.466 e. The van der Waals surface area contributed by atoms with Gasteiger partial charge in [0.2, 0.25) is 0 Å². The lowest BCUT2D eigenvalue weighted by Crippen LogP contribution is -2.37. The van der Waals surface area contributed by atoms with Crippen LogP contribution in [0.4, 0.5) is 8.78 Å². The number of esters is 1. The van der Waals surface area contributed by atoms with Crippen LogP contribution in [0.5, 0.6) is 0 Å². The van der Waals surface area contributed by atoms with Gasteiger partial charge in [0.1, 0.15) is 11.6 Å². The molecular weight excluding hydrogens is 304 g/mol. The molecule has 5 nitrogen and oxygen atoms in total. The molecule has 0 fully saturated rings. The molecule has 0 saturated heterocycles. The summed E-state index contributed by atoms with van der Waals surface area (Å²) in [6.45, 7) is 5.22. The van der Waals surface area contributed by atoms with Gasteiger partial charge in [-0.2, -0.15) is 0 Å². The Kier molecular flexibility index (Phi) is 8.64. The van der Waals surface area contributed by atoms with E-state index in [-0.39, 0.29) is 18.1 Å². The van der Waals surface area contributed by atoms with Crippen molar-refractivity contribution in [2.75, 3.05) is 19.7 Å².